The van der Waals surface area contributed by atoms with Crippen LogP contribution in [0, 0.1) is 0 Å². The lowest BCUT2D eigenvalue weighted by Crippen LogP contribution is -2.08. The third-order valence-corrected chi connectivity index (χ3v) is 4.93. The van der Waals surface area contributed by atoms with Crippen LogP contribution in [0.1, 0.15) is 62.0 Å². The molecule has 1 atom stereocenters. The number of nitrogens with zero attached hydrogens (tertiary/aromatic N) is 5. The molecule has 0 spiro atoms. The number of aromatic nitrogens is 5. The molecule has 0 fully saturated rings. The van der Waals surface area contributed by atoms with Crippen molar-refractivity contribution < 1.29 is 9.26 Å². The standard InChI is InChI=1S/C19H23N5O2/c1-11(2)18-20-19(26-22-18)12(3)24-10-16(21-23-24)15-8-13-6-5-7-14(13)9-17(15)25-4/h8-12H,5-7H2,1-4H3/t12-/m0/s1. The first-order valence-electron chi connectivity index (χ1n) is 9.02. The molecule has 1 aromatic carbocycles. The SMILES string of the molecule is COc1cc2c(cc1-c1cn([C@@H](C)c3nc(C(C)C)no3)nn1)CCC2. The van der Waals surface area contributed by atoms with Crippen molar-refractivity contribution in [3.63, 3.8) is 0 Å². The Balaban J connectivity index is 1.65. The highest BCUT2D eigenvalue weighted by atomic mass is 16.5. The summed E-state index contributed by atoms with van der Waals surface area (Å²) in [6.45, 7) is 6.04. The van der Waals surface area contributed by atoms with Gasteiger partial charge in [0.2, 0.25) is 0 Å². The Morgan fingerprint density at radius 2 is 1.92 bits per heavy atom. The second-order valence-corrected chi connectivity index (χ2v) is 7.08. The Bertz CT molecular complexity index is 928. The molecule has 1 aliphatic carbocycles. The van der Waals surface area contributed by atoms with Crippen LogP contribution in [-0.4, -0.2) is 32.2 Å². The molecule has 136 valence electrons. The van der Waals surface area contributed by atoms with Crippen LogP contribution in [0.4, 0.5) is 0 Å². The Morgan fingerprint density at radius 1 is 1.15 bits per heavy atom. The van der Waals surface area contributed by atoms with Gasteiger partial charge >= 0.3 is 0 Å². The molecule has 0 N–H and O–H groups in total. The third kappa shape index (κ3) is 2.87. The molecule has 26 heavy (non-hydrogen) atoms. The van der Waals surface area contributed by atoms with Crippen LogP contribution in [0.15, 0.2) is 22.9 Å². The molecule has 0 radical (unpaired) electrons. The summed E-state index contributed by atoms with van der Waals surface area (Å²) in [6, 6.07) is 4.13. The summed E-state index contributed by atoms with van der Waals surface area (Å²) >= 11 is 0. The van der Waals surface area contributed by atoms with E-state index in [1.807, 2.05) is 27.0 Å². The number of rotatable bonds is 5. The van der Waals surface area contributed by atoms with Gasteiger partial charge in [0.05, 0.1) is 13.3 Å². The molecule has 3 aromatic rings. The molecular formula is C19H23N5O2. The molecule has 0 unspecified atom stereocenters. The van der Waals surface area contributed by atoms with E-state index in [1.165, 1.54) is 17.5 Å². The van der Waals surface area contributed by atoms with Crippen LogP contribution in [0.3, 0.4) is 0 Å². The van der Waals surface area contributed by atoms with Crippen molar-refractivity contribution in [3.8, 4) is 17.0 Å². The molecule has 7 heteroatoms. The molecule has 0 saturated heterocycles. The molecule has 2 aromatic heterocycles. The zero-order valence-corrected chi connectivity index (χ0v) is 15.6. The fourth-order valence-electron chi connectivity index (χ4n) is 3.32. The number of fused-ring (bicyclic) bond motifs is 1. The monoisotopic (exact) mass is 353 g/mol. The average Bonchev–Trinajstić information content (AvgIpc) is 3.39. The van der Waals surface area contributed by atoms with E-state index in [0.29, 0.717) is 11.7 Å². The van der Waals surface area contributed by atoms with Gasteiger partial charge in [-0.1, -0.05) is 24.2 Å². The molecular weight excluding hydrogens is 330 g/mol. The average molecular weight is 353 g/mol. The largest absolute Gasteiger partial charge is 0.496 e. The first kappa shape index (κ1) is 16.8. The minimum absolute atomic E-state index is 0.184. The van der Waals surface area contributed by atoms with Gasteiger partial charge in [0.1, 0.15) is 17.5 Å². The fraction of sp³-hybridized carbons (Fsp3) is 0.474. The third-order valence-electron chi connectivity index (χ3n) is 4.93. The molecule has 7 nitrogen and oxygen atoms in total. The minimum Gasteiger partial charge on any atom is -0.496 e. The Hall–Kier alpha value is -2.70. The normalized spacial score (nSPS) is 14.7. The number of ether oxygens (including phenoxy) is 1. The highest BCUT2D eigenvalue weighted by Gasteiger charge is 2.21. The molecule has 1 aliphatic rings. The van der Waals surface area contributed by atoms with Crippen LogP contribution in [-0.2, 0) is 12.8 Å². The Labute approximate surface area is 152 Å². The summed E-state index contributed by atoms with van der Waals surface area (Å²) in [4.78, 5) is 4.46. The van der Waals surface area contributed by atoms with E-state index in [4.69, 9.17) is 9.26 Å². The zero-order valence-electron chi connectivity index (χ0n) is 15.6. The van der Waals surface area contributed by atoms with Gasteiger partial charge in [-0.15, -0.1) is 5.10 Å². The lowest BCUT2D eigenvalue weighted by molar-refractivity contribution is 0.330. The van der Waals surface area contributed by atoms with E-state index in [1.54, 1.807) is 11.8 Å². The number of benzene rings is 1. The van der Waals surface area contributed by atoms with Crippen LogP contribution in [0.2, 0.25) is 0 Å². The summed E-state index contributed by atoms with van der Waals surface area (Å²) < 4.78 is 12.7. The smallest absolute Gasteiger partial charge is 0.251 e. The first-order valence-corrected chi connectivity index (χ1v) is 9.02. The fourth-order valence-corrected chi connectivity index (χ4v) is 3.32. The number of hydrogen-bond donors (Lipinski definition) is 0. The van der Waals surface area contributed by atoms with Gasteiger partial charge < -0.3 is 9.26 Å². The van der Waals surface area contributed by atoms with Gasteiger partial charge in [-0.3, -0.25) is 0 Å². The van der Waals surface area contributed by atoms with E-state index in [-0.39, 0.29) is 12.0 Å². The topological polar surface area (TPSA) is 78.9 Å². The van der Waals surface area contributed by atoms with Gasteiger partial charge in [-0.2, -0.15) is 4.98 Å². The second kappa shape index (κ2) is 6.55. The maximum absolute atomic E-state index is 5.59. The lowest BCUT2D eigenvalue weighted by Gasteiger charge is -2.09. The molecule has 2 heterocycles. The van der Waals surface area contributed by atoms with E-state index < -0.39 is 0 Å². The number of methoxy groups -OCH3 is 1. The van der Waals surface area contributed by atoms with E-state index in [2.05, 4.69) is 32.6 Å². The van der Waals surface area contributed by atoms with E-state index in [9.17, 15) is 0 Å². The lowest BCUT2D eigenvalue weighted by atomic mass is 10.0. The van der Waals surface area contributed by atoms with Crippen molar-refractivity contribution >= 4 is 0 Å². The zero-order chi connectivity index (χ0) is 18.3. The molecule has 0 aliphatic heterocycles. The second-order valence-electron chi connectivity index (χ2n) is 7.08. The number of aryl methyl sites for hydroxylation is 2. The predicted octanol–water partition coefficient (Wildman–Crippen LogP) is 3.56. The maximum Gasteiger partial charge on any atom is 0.251 e. The summed E-state index contributed by atoms with van der Waals surface area (Å²) in [7, 11) is 1.69. The molecule has 0 saturated carbocycles. The summed E-state index contributed by atoms with van der Waals surface area (Å²) in [5, 5.41) is 12.7. The van der Waals surface area contributed by atoms with Crippen molar-refractivity contribution in [2.75, 3.05) is 7.11 Å². The Morgan fingerprint density at radius 3 is 2.62 bits per heavy atom. The highest BCUT2D eigenvalue weighted by molar-refractivity contribution is 5.69. The van der Waals surface area contributed by atoms with Crippen LogP contribution < -0.4 is 4.74 Å². The van der Waals surface area contributed by atoms with Crippen molar-refractivity contribution in [2.45, 2.75) is 52.0 Å². The quantitative estimate of drug-likeness (QED) is 0.698. The van der Waals surface area contributed by atoms with Crippen molar-refractivity contribution in [1.82, 2.24) is 25.1 Å². The van der Waals surface area contributed by atoms with E-state index in [0.717, 1.165) is 29.8 Å². The maximum atomic E-state index is 5.59. The summed E-state index contributed by atoms with van der Waals surface area (Å²) in [5.41, 5.74) is 4.51. The number of hydrogen-bond acceptors (Lipinski definition) is 6. The first-order chi connectivity index (χ1) is 12.6. The molecule has 0 amide bonds. The Kier molecular flexibility index (Phi) is 4.22. The van der Waals surface area contributed by atoms with Crippen LogP contribution in [0.5, 0.6) is 5.75 Å². The summed E-state index contributed by atoms with van der Waals surface area (Å²) in [6.07, 6.45) is 5.33. The molecule has 4 rings (SSSR count). The van der Waals surface area contributed by atoms with Crippen molar-refractivity contribution in [2.24, 2.45) is 0 Å². The van der Waals surface area contributed by atoms with Gasteiger partial charge in [0.15, 0.2) is 5.82 Å². The van der Waals surface area contributed by atoms with E-state index >= 15 is 0 Å². The van der Waals surface area contributed by atoms with Crippen molar-refractivity contribution in [1.29, 1.82) is 0 Å². The summed E-state index contributed by atoms with van der Waals surface area (Å²) in [5.74, 6) is 2.30. The van der Waals surface area contributed by atoms with Gasteiger partial charge in [0, 0.05) is 11.5 Å². The van der Waals surface area contributed by atoms with Gasteiger partial charge in [-0.25, -0.2) is 4.68 Å². The van der Waals surface area contributed by atoms with Gasteiger partial charge in [0.25, 0.3) is 5.89 Å². The predicted molar refractivity (Wildman–Crippen MR) is 96.2 cm³/mol. The van der Waals surface area contributed by atoms with Crippen LogP contribution in [0.25, 0.3) is 11.3 Å². The highest BCUT2D eigenvalue weighted by Crippen LogP contribution is 2.35. The minimum atomic E-state index is -0.184. The van der Waals surface area contributed by atoms with Crippen molar-refractivity contribution in [3.05, 3.63) is 41.2 Å². The van der Waals surface area contributed by atoms with Crippen LogP contribution >= 0.6 is 0 Å². The van der Waals surface area contributed by atoms with Gasteiger partial charge in [-0.05, 0) is 49.4 Å². The molecule has 0 bridgehead atoms.